The van der Waals surface area contributed by atoms with Gasteiger partial charge in [-0.3, -0.25) is 4.79 Å². The number of benzene rings is 2. The van der Waals surface area contributed by atoms with Crippen molar-refractivity contribution in [3.8, 4) is 11.1 Å². The van der Waals surface area contributed by atoms with Crippen LogP contribution in [0.2, 0.25) is 5.02 Å². The van der Waals surface area contributed by atoms with E-state index in [1.54, 1.807) is 24.4 Å². The van der Waals surface area contributed by atoms with Crippen molar-refractivity contribution in [3.63, 3.8) is 0 Å². The van der Waals surface area contributed by atoms with Gasteiger partial charge in [-0.15, -0.1) is 5.10 Å². The maximum Gasteiger partial charge on any atom is 0.251 e. The molecule has 2 heterocycles. The number of aromatic nitrogens is 3. The molecule has 0 unspecified atom stereocenters. The molecular formula is C24H23ClFN5O. The molecule has 32 heavy (non-hydrogen) atoms. The zero-order chi connectivity index (χ0) is 22.7. The second-order valence-electron chi connectivity index (χ2n) is 7.52. The number of nitrogens with one attached hydrogen (secondary N) is 1. The molecule has 0 aliphatic carbocycles. The Morgan fingerprint density at radius 3 is 2.72 bits per heavy atom. The number of nitrogens with two attached hydrogens (primary N) is 1. The summed E-state index contributed by atoms with van der Waals surface area (Å²) in [6.45, 7) is 2.42. The molecule has 164 valence electrons. The normalized spacial score (nSPS) is 11.1. The van der Waals surface area contributed by atoms with E-state index in [0.717, 1.165) is 18.4 Å². The molecule has 2 aromatic carbocycles. The fourth-order valence-corrected chi connectivity index (χ4v) is 3.77. The van der Waals surface area contributed by atoms with Crippen LogP contribution in [0.4, 0.5) is 10.3 Å². The van der Waals surface area contributed by atoms with E-state index in [1.807, 2.05) is 31.2 Å². The first-order valence-electron chi connectivity index (χ1n) is 10.4. The van der Waals surface area contributed by atoms with Crippen molar-refractivity contribution in [2.45, 2.75) is 26.2 Å². The highest BCUT2D eigenvalue weighted by molar-refractivity contribution is 6.30. The van der Waals surface area contributed by atoms with Gasteiger partial charge in [-0.05, 0) is 72.4 Å². The van der Waals surface area contributed by atoms with Crippen molar-refractivity contribution in [2.24, 2.45) is 0 Å². The Balaban J connectivity index is 1.51. The van der Waals surface area contributed by atoms with Gasteiger partial charge < -0.3 is 11.1 Å². The molecule has 2 aromatic heterocycles. The van der Waals surface area contributed by atoms with Gasteiger partial charge in [0.2, 0.25) is 5.95 Å². The minimum atomic E-state index is -0.391. The Morgan fingerprint density at radius 1 is 1.19 bits per heavy atom. The van der Waals surface area contributed by atoms with Crippen molar-refractivity contribution in [3.05, 3.63) is 82.3 Å². The molecule has 0 aliphatic heterocycles. The zero-order valence-corrected chi connectivity index (χ0v) is 18.4. The lowest BCUT2D eigenvalue weighted by molar-refractivity contribution is 0.0952. The largest absolute Gasteiger partial charge is 0.366 e. The SMILES string of the molecule is CCc1cc(F)c(-c2ccn3nc(N)nc3c2)cc1C(=O)NCCCc1ccc(Cl)cc1. The van der Waals surface area contributed by atoms with Crippen LogP contribution in [0.3, 0.4) is 0 Å². The molecule has 0 fully saturated rings. The van der Waals surface area contributed by atoms with Crippen LogP contribution in [0.25, 0.3) is 16.8 Å². The highest BCUT2D eigenvalue weighted by Crippen LogP contribution is 2.27. The van der Waals surface area contributed by atoms with Gasteiger partial charge in [-0.2, -0.15) is 4.98 Å². The number of hydrogen-bond donors (Lipinski definition) is 2. The first-order valence-corrected chi connectivity index (χ1v) is 10.8. The van der Waals surface area contributed by atoms with E-state index < -0.39 is 5.82 Å². The lowest BCUT2D eigenvalue weighted by Gasteiger charge is -2.13. The first-order chi connectivity index (χ1) is 15.4. The highest BCUT2D eigenvalue weighted by Gasteiger charge is 2.16. The molecule has 0 saturated heterocycles. The van der Waals surface area contributed by atoms with E-state index in [-0.39, 0.29) is 11.9 Å². The highest BCUT2D eigenvalue weighted by atomic mass is 35.5. The van der Waals surface area contributed by atoms with Crippen LogP contribution in [-0.2, 0) is 12.8 Å². The average molecular weight is 452 g/mol. The number of amides is 1. The van der Waals surface area contributed by atoms with Crippen LogP contribution in [0.15, 0.2) is 54.7 Å². The Bertz CT molecular complexity index is 1270. The lowest BCUT2D eigenvalue weighted by atomic mass is 9.97. The molecule has 0 spiro atoms. The Kier molecular flexibility index (Phi) is 6.37. The molecule has 0 atom stereocenters. The Hall–Kier alpha value is -3.45. The molecule has 1 amide bonds. The van der Waals surface area contributed by atoms with E-state index in [1.165, 1.54) is 10.6 Å². The number of carbonyl (C=O) groups is 1. The minimum Gasteiger partial charge on any atom is -0.366 e. The standard InChI is InChI=1S/C24H23ClFN5O/c1-2-16-12-21(26)19(17-9-11-31-22(13-17)29-24(27)30-31)14-20(16)23(32)28-10-3-4-15-5-7-18(25)8-6-15/h5-9,11-14H,2-4,10H2,1H3,(H2,27,30)(H,28,32). The molecule has 0 aliphatic rings. The van der Waals surface area contributed by atoms with Crippen molar-refractivity contribution in [1.82, 2.24) is 19.9 Å². The van der Waals surface area contributed by atoms with E-state index in [4.69, 9.17) is 17.3 Å². The summed E-state index contributed by atoms with van der Waals surface area (Å²) < 4.78 is 16.4. The van der Waals surface area contributed by atoms with E-state index >= 15 is 0 Å². The maximum absolute atomic E-state index is 14.9. The number of carbonyl (C=O) groups excluding carboxylic acids is 1. The number of pyridine rings is 1. The second-order valence-corrected chi connectivity index (χ2v) is 7.95. The predicted octanol–water partition coefficient (Wildman–Crippen LogP) is 4.70. The molecule has 8 heteroatoms. The number of hydrogen-bond acceptors (Lipinski definition) is 4. The topological polar surface area (TPSA) is 85.3 Å². The number of aryl methyl sites for hydroxylation is 2. The molecular weight excluding hydrogens is 429 g/mol. The molecule has 0 bridgehead atoms. The summed E-state index contributed by atoms with van der Waals surface area (Å²) in [7, 11) is 0. The van der Waals surface area contributed by atoms with Gasteiger partial charge in [0.1, 0.15) is 5.82 Å². The van der Waals surface area contributed by atoms with Crippen LogP contribution in [0.5, 0.6) is 0 Å². The Morgan fingerprint density at radius 2 is 1.97 bits per heavy atom. The van der Waals surface area contributed by atoms with Crippen molar-refractivity contribution in [2.75, 3.05) is 12.3 Å². The summed E-state index contributed by atoms with van der Waals surface area (Å²) in [4.78, 5) is 17.0. The van der Waals surface area contributed by atoms with Crippen molar-refractivity contribution >= 4 is 29.1 Å². The number of anilines is 1. The monoisotopic (exact) mass is 451 g/mol. The quantitative estimate of drug-likeness (QED) is 0.399. The lowest BCUT2D eigenvalue weighted by Crippen LogP contribution is -2.26. The van der Waals surface area contributed by atoms with Crippen LogP contribution >= 0.6 is 11.6 Å². The summed E-state index contributed by atoms with van der Waals surface area (Å²) >= 11 is 5.91. The van der Waals surface area contributed by atoms with E-state index in [2.05, 4.69) is 15.4 Å². The van der Waals surface area contributed by atoms with Gasteiger partial charge in [0.25, 0.3) is 5.91 Å². The number of nitrogens with zero attached hydrogens (tertiary/aromatic N) is 3. The van der Waals surface area contributed by atoms with Crippen molar-refractivity contribution in [1.29, 1.82) is 0 Å². The van der Waals surface area contributed by atoms with Gasteiger partial charge in [0.15, 0.2) is 5.65 Å². The van der Waals surface area contributed by atoms with Crippen LogP contribution in [0, 0.1) is 5.82 Å². The van der Waals surface area contributed by atoms with Crippen LogP contribution in [0.1, 0.15) is 34.8 Å². The number of fused-ring (bicyclic) bond motifs is 1. The van der Waals surface area contributed by atoms with Gasteiger partial charge >= 0.3 is 0 Å². The summed E-state index contributed by atoms with van der Waals surface area (Å²) in [5.41, 5.74) is 9.36. The van der Waals surface area contributed by atoms with Gasteiger partial charge in [-0.25, -0.2) is 8.91 Å². The molecule has 3 N–H and O–H groups in total. The van der Waals surface area contributed by atoms with E-state index in [9.17, 15) is 9.18 Å². The van der Waals surface area contributed by atoms with Gasteiger partial charge in [-0.1, -0.05) is 30.7 Å². The van der Waals surface area contributed by atoms with Crippen LogP contribution in [-0.4, -0.2) is 27.0 Å². The summed E-state index contributed by atoms with van der Waals surface area (Å²) in [5, 5.41) is 7.69. The third-order valence-corrected chi connectivity index (χ3v) is 5.58. The predicted molar refractivity (Wildman–Crippen MR) is 124 cm³/mol. The van der Waals surface area contributed by atoms with Crippen molar-refractivity contribution < 1.29 is 9.18 Å². The third kappa shape index (κ3) is 4.73. The number of nitrogen functional groups attached to an aromatic ring is 1. The average Bonchev–Trinajstić information content (AvgIpc) is 3.16. The summed E-state index contributed by atoms with van der Waals surface area (Å²) in [5.74, 6) is -0.465. The van der Waals surface area contributed by atoms with Gasteiger partial charge in [0, 0.05) is 28.9 Å². The fraction of sp³-hybridized carbons (Fsp3) is 0.208. The molecule has 0 radical (unpaired) electrons. The summed E-state index contributed by atoms with van der Waals surface area (Å²) in [6, 6.07) is 14.1. The molecule has 0 saturated carbocycles. The Labute approximate surface area is 190 Å². The minimum absolute atomic E-state index is 0.141. The first kappa shape index (κ1) is 21.8. The second kappa shape index (κ2) is 9.36. The maximum atomic E-state index is 14.9. The fourth-order valence-electron chi connectivity index (χ4n) is 3.65. The molecule has 4 rings (SSSR count). The molecule has 6 nitrogen and oxygen atoms in total. The third-order valence-electron chi connectivity index (χ3n) is 5.32. The molecule has 4 aromatic rings. The number of halogens is 2. The summed E-state index contributed by atoms with van der Waals surface area (Å²) in [6.07, 6.45) is 3.82. The number of rotatable bonds is 7. The van der Waals surface area contributed by atoms with E-state index in [0.29, 0.717) is 45.9 Å². The van der Waals surface area contributed by atoms with Gasteiger partial charge in [0.05, 0.1) is 0 Å². The smallest absolute Gasteiger partial charge is 0.251 e. The zero-order valence-electron chi connectivity index (χ0n) is 17.6. The van der Waals surface area contributed by atoms with Crippen LogP contribution < -0.4 is 11.1 Å².